The summed E-state index contributed by atoms with van der Waals surface area (Å²) in [5, 5.41) is 23.8. The number of carbonyl (C=O) groups excluding carboxylic acids is 6. The van der Waals surface area contributed by atoms with Crippen LogP contribution in [0.4, 0.5) is 17.1 Å². The second kappa shape index (κ2) is 31.5. The fraction of sp³-hybridized carbons (Fsp3) is 0.110. The van der Waals surface area contributed by atoms with Crippen LogP contribution in [0, 0.1) is 0 Å². The molecule has 0 bridgehead atoms. The van der Waals surface area contributed by atoms with Crippen LogP contribution < -0.4 is 50.6 Å². The second-order valence-electron chi connectivity index (χ2n) is 22.3. The number of carbonyl (C=O) groups is 6. The monoisotopic (exact) mass is 1330 g/mol. The van der Waals surface area contributed by atoms with Crippen molar-refractivity contribution in [2.24, 2.45) is 0 Å². The van der Waals surface area contributed by atoms with Crippen LogP contribution in [0.5, 0.6) is 0 Å². The first-order chi connectivity index (χ1) is 43.6. The van der Waals surface area contributed by atoms with Crippen molar-refractivity contribution in [3.05, 3.63) is 274 Å². The molecule has 3 N–H and O–H groups in total. The molecule has 15 nitrogen and oxygen atoms in total. The Kier molecular flexibility index (Phi) is 23.4. The Labute approximate surface area is 571 Å². The topological polar surface area (TPSA) is 219 Å². The third-order valence-corrected chi connectivity index (χ3v) is 15.5. The van der Waals surface area contributed by atoms with Crippen molar-refractivity contribution in [1.29, 1.82) is 0 Å². The normalized spacial score (nSPS) is 10.8. The Balaban J connectivity index is 0.000000177. The fourth-order valence-electron chi connectivity index (χ4n) is 8.95. The summed E-state index contributed by atoms with van der Waals surface area (Å²) in [5.74, 6) is -3.51. The second-order valence-corrected chi connectivity index (χ2v) is 25.1. The van der Waals surface area contributed by atoms with Gasteiger partial charge in [-0.3, -0.25) is 29.3 Å². The Bertz CT molecular complexity index is 4390. The molecule has 5 aromatic heterocycles. The maximum Gasteiger partial charge on any atom is 1.00 e. The van der Waals surface area contributed by atoms with Gasteiger partial charge < -0.3 is 35.3 Å². The van der Waals surface area contributed by atoms with E-state index in [1.54, 1.807) is 111 Å². The van der Waals surface area contributed by atoms with E-state index in [4.69, 9.17) is 9.47 Å². The molecule has 92 heavy (non-hydrogen) atoms. The molecule has 0 saturated heterocycles. The molecule has 0 spiro atoms. The van der Waals surface area contributed by atoms with E-state index in [0.29, 0.717) is 33.6 Å². The molecule has 5 heterocycles. The number of carboxylic acid groups (broad SMARTS) is 1. The summed E-state index contributed by atoms with van der Waals surface area (Å²) >= 11 is 6.49. The molecular weight excluding hydrogens is 1270 g/mol. The van der Waals surface area contributed by atoms with Crippen LogP contribution in [-0.4, -0.2) is 61.8 Å². The van der Waals surface area contributed by atoms with Crippen LogP contribution >= 0.6 is 38.6 Å². The number of amides is 3. The predicted molar refractivity (Wildman–Crippen MR) is 361 cm³/mol. The average molecular weight is 1330 g/mol. The van der Waals surface area contributed by atoms with E-state index in [-0.39, 0.29) is 58.2 Å². The van der Waals surface area contributed by atoms with Gasteiger partial charge in [-0.05, 0) is 147 Å². The minimum Gasteiger partial charge on any atom is -0.545 e. The van der Waals surface area contributed by atoms with Crippen LogP contribution in [0.3, 0.4) is 0 Å². The summed E-state index contributed by atoms with van der Waals surface area (Å²) in [5.41, 5.74) is 8.32. The molecule has 0 atom stereocenters. The van der Waals surface area contributed by atoms with Crippen LogP contribution in [-0.2, 0) is 9.47 Å². The van der Waals surface area contributed by atoms with Crippen molar-refractivity contribution in [3.63, 3.8) is 0 Å². The number of esters is 2. The zero-order chi connectivity index (χ0) is 64.7. The van der Waals surface area contributed by atoms with Crippen molar-refractivity contribution in [1.82, 2.24) is 15.0 Å². The molecule has 11 rings (SSSR count). The Morgan fingerprint density at radius 2 is 0.728 bits per heavy atom. The number of nitrogens with one attached hydrogen (secondary N) is 3. The minimum atomic E-state index is -1.35. The SMILES string of the molecule is CC(C)(C)OC(=O)c1ccc(-c2cccs2)cc1NC(=O)c1cncc(-c2ccccc2)c1.CC(C)(C)OC(=O)c1ccc(Br)cc1NC(=O)c1cncc(-c2ccccc2)c1.O=C(Nc1cc(-c2cccs2)ccc1C(=O)[O-])c1cncc(-c2ccccc2)c1.[Na+]. The van der Waals surface area contributed by atoms with Crippen molar-refractivity contribution < 1.29 is 72.9 Å². The number of carboxylic acids is 1. The van der Waals surface area contributed by atoms with E-state index in [2.05, 4.69) is 46.8 Å². The number of pyridine rings is 3. The molecule has 0 fully saturated rings. The number of benzene rings is 6. The summed E-state index contributed by atoms with van der Waals surface area (Å²) in [6.07, 6.45) is 9.55. The number of rotatable bonds is 14. The molecule has 0 unspecified atom stereocenters. The standard InChI is InChI=1S/C27H24N2O3S.C23H21BrN2O3.C23H16N2O3S.Na/c1-27(2,3)32-26(31)22-12-11-19(24-10-7-13-33-24)15-23(22)29-25(30)21-14-20(16-28-17-21)18-8-5-4-6-9-18;1-23(2,3)29-22(28)19-10-9-18(24)12-20(19)26-21(27)17-11-16(13-25-14-17)15-7-5-4-6-8-15;26-22(18-11-17(13-24-14-18)15-5-2-1-3-6-15)25-20-12-16(21-7-4-10-29-21)8-9-19(20)23(27)28;/h4-17H,1-3H3,(H,29,30);4-14H,1-3H3,(H,26,27);1-14H,(H,25,26)(H,27,28);/q;;;+1/p-1. The molecule has 0 aliphatic rings. The van der Waals surface area contributed by atoms with E-state index >= 15 is 0 Å². The minimum absolute atomic E-state index is 0. The number of thiophene rings is 2. The van der Waals surface area contributed by atoms with E-state index in [1.807, 2.05) is 153 Å². The number of aromatic nitrogens is 3. The largest absolute Gasteiger partial charge is 1.00 e. The fourth-order valence-corrected chi connectivity index (χ4v) is 10.8. The summed E-state index contributed by atoms with van der Waals surface area (Å²) in [4.78, 5) is 90.3. The molecule has 3 amide bonds. The summed E-state index contributed by atoms with van der Waals surface area (Å²) in [6, 6.07) is 57.2. The molecule has 0 aliphatic carbocycles. The third-order valence-electron chi connectivity index (χ3n) is 13.2. The van der Waals surface area contributed by atoms with E-state index < -0.39 is 35.0 Å². The molecular formula is C73H60BrN6NaO9S2. The maximum absolute atomic E-state index is 13.2. The molecule has 456 valence electrons. The predicted octanol–water partition coefficient (Wildman–Crippen LogP) is 13.5. The molecule has 0 aliphatic heterocycles. The van der Waals surface area contributed by atoms with Gasteiger partial charge >= 0.3 is 41.5 Å². The quantitative estimate of drug-likeness (QED) is 0.0684. The number of anilines is 3. The first kappa shape index (κ1) is 68.4. The van der Waals surface area contributed by atoms with Gasteiger partial charge in [0.05, 0.1) is 50.8 Å². The Morgan fingerprint density at radius 1 is 0.391 bits per heavy atom. The zero-order valence-electron chi connectivity index (χ0n) is 51.2. The average Bonchev–Trinajstić information content (AvgIpc) is 1.56. The van der Waals surface area contributed by atoms with Crippen LogP contribution in [0.15, 0.2) is 240 Å². The van der Waals surface area contributed by atoms with Gasteiger partial charge in [-0.25, -0.2) is 9.59 Å². The number of aromatic carboxylic acids is 1. The Hall–Kier alpha value is -9.53. The first-order valence-electron chi connectivity index (χ1n) is 28.4. The third kappa shape index (κ3) is 19.0. The van der Waals surface area contributed by atoms with Crippen molar-refractivity contribution in [2.75, 3.05) is 16.0 Å². The van der Waals surface area contributed by atoms with E-state index in [1.165, 1.54) is 36.0 Å². The number of ether oxygens (including phenoxy) is 2. The molecule has 19 heteroatoms. The zero-order valence-corrected chi connectivity index (χ0v) is 56.4. The molecule has 0 saturated carbocycles. The van der Waals surface area contributed by atoms with Gasteiger partial charge in [-0.2, -0.15) is 0 Å². The van der Waals surface area contributed by atoms with Gasteiger partial charge in [0.15, 0.2) is 0 Å². The number of hydrogen-bond acceptors (Lipinski definition) is 14. The van der Waals surface area contributed by atoms with Gasteiger partial charge in [0.1, 0.15) is 11.2 Å². The molecule has 6 aromatic carbocycles. The van der Waals surface area contributed by atoms with Crippen molar-refractivity contribution >= 4 is 91.3 Å². The maximum atomic E-state index is 13.2. The van der Waals surface area contributed by atoms with Gasteiger partial charge in [0.2, 0.25) is 0 Å². The summed E-state index contributed by atoms with van der Waals surface area (Å²) < 4.78 is 11.7. The summed E-state index contributed by atoms with van der Waals surface area (Å²) in [7, 11) is 0. The Morgan fingerprint density at radius 3 is 1.07 bits per heavy atom. The van der Waals surface area contributed by atoms with Crippen LogP contribution in [0.25, 0.3) is 54.3 Å². The van der Waals surface area contributed by atoms with E-state index in [9.17, 15) is 33.9 Å². The van der Waals surface area contributed by atoms with Crippen LogP contribution in [0.2, 0.25) is 0 Å². The number of nitrogens with zero attached hydrogens (tertiary/aromatic N) is 3. The van der Waals surface area contributed by atoms with E-state index in [0.717, 1.165) is 58.7 Å². The first-order valence-corrected chi connectivity index (χ1v) is 31.0. The van der Waals surface area contributed by atoms with Gasteiger partial charge in [0.25, 0.3) is 17.7 Å². The number of hydrogen-bond donors (Lipinski definition) is 3. The van der Waals surface area contributed by atoms with Gasteiger partial charge in [-0.15, -0.1) is 22.7 Å². The van der Waals surface area contributed by atoms with Crippen molar-refractivity contribution in [2.45, 2.75) is 52.7 Å². The molecule has 11 aromatic rings. The smallest absolute Gasteiger partial charge is 0.545 e. The van der Waals surface area contributed by atoms with Gasteiger partial charge in [-0.1, -0.05) is 137 Å². The number of halogens is 1. The molecule has 0 radical (unpaired) electrons. The van der Waals surface area contributed by atoms with Gasteiger partial charge in [0, 0.05) is 73.7 Å². The van der Waals surface area contributed by atoms with Crippen LogP contribution in [0.1, 0.15) is 104 Å². The van der Waals surface area contributed by atoms with Crippen molar-refractivity contribution in [3.8, 4) is 54.3 Å². The summed E-state index contributed by atoms with van der Waals surface area (Å²) in [6.45, 7) is 10.8.